The van der Waals surface area contributed by atoms with Crippen LogP contribution in [-0.4, -0.2) is 18.6 Å². The Balaban J connectivity index is 3.59. The predicted octanol–water partition coefficient (Wildman–Crippen LogP) is 3.80. The monoisotopic (exact) mass is 257 g/mol. The summed E-state index contributed by atoms with van der Waals surface area (Å²) in [5, 5.41) is 0. The maximum atomic E-state index is 11.6. The van der Waals surface area contributed by atoms with Crippen molar-refractivity contribution in [1.82, 2.24) is 0 Å². The molecule has 0 aromatic rings. The fourth-order valence-corrected chi connectivity index (χ4v) is 1.98. The van der Waals surface area contributed by atoms with Crippen molar-refractivity contribution in [1.29, 1.82) is 0 Å². The zero-order valence-electron chi connectivity index (χ0n) is 12.2. The van der Waals surface area contributed by atoms with Gasteiger partial charge in [-0.2, -0.15) is 0 Å². The van der Waals surface area contributed by atoms with E-state index >= 15 is 0 Å². The van der Waals surface area contributed by atoms with Crippen LogP contribution in [0.2, 0.25) is 0 Å². The predicted molar refractivity (Wildman–Crippen MR) is 76.5 cm³/mol. The summed E-state index contributed by atoms with van der Waals surface area (Å²) >= 11 is 0. The first kappa shape index (κ1) is 17.4. The molecule has 0 spiro atoms. The first-order valence-electron chi connectivity index (χ1n) is 7.64. The first-order valence-corrected chi connectivity index (χ1v) is 7.64. The van der Waals surface area contributed by atoms with Crippen molar-refractivity contribution in [3.05, 3.63) is 0 Å². The molecule has 3 heteroatoms. The molecule has 0 saturated heterocycles. The summed E-state index contributed by atoms with van der Waals surface area (Å²) in [5.74, 6) is -0.0330. The molecule has 108 valence electrons. The second kappa shape index (κ2) is 12.9. The lowest BCUT2D eigenvalue weighted by atomic mass is 10.1. The van der Waals surface area contributed by atoms with Crippen LogP contribution in [0.3, 0.4) is 0 Å². The Hall–Kier alpha value is -0.570. The normalized spacial score (nSPS) is 12.4. The van der Waals surface area contributed by atoms with E-state index in [-0.39, 0.29) is 12.1 Å². The van der Waals surface area contributed by atoms with E-state index in [1.54, 1.807) is 0 Å². The summed E-state index contributed by atoms with van der Waals surface area (Å²) in [4.78, 5) is 11.6. The highest BCUT2D eigenvalue weighted by Gasteiger charge is 2.11. The number of ether oxygens (including phenoxy) is 1. The summed E-state index contributed by atoms with van der Waals surface area (Å²) in [7, 11) is 0. The Kier molecular flexibility index (Phi) is 12.5. The molecule has 0 aliphatic heterocycles. The molecule has 0 fully saturated rings. The van der Waals surface area contributed by atoms with Gasteiger partial charge >= 0.3 is 5.97 Å². The van der Waals surface area contributed by atoms with Gasteiger partial charge in [0.25, 0.3) is 0 Å². The van der Waals surface area contributed by atoms with Gasteiger partial charge in [-0.15, -0.1) is 0 Å². The van der Waals surface area contributed by atoms with Crippen molar-refractivity contribution in [3.63, 3.8) is 0 Å². The average molecular weight is 257 g/mol. The third kappa shape index (κ3) is 10.6. The number of unbranched alkanes of at least 4 members (excludes halogenated alkanes) is 5. The standard InChI is InChI=1S/C15H31NO2/c1-3-5-6-8-11-14(4-2)18-15(17)12-9-7-10-13-16/h14H,3-13,16H2,1-2H3. The molecule has 0 radical (unpaired) electrons. The average Bonchev–Trinajstić information content (AvgIpc) is 2.38. The SMILES string of the molecule is CCCCCCC(CC)OC(=O)CCCCCN. The van der Waals surface area contributed by atoms with Crippen LogP contribution in [-0.2, 0) is 9.53 Å². The van der Waals surface area contributed by atoms with Crippen molar-refractivity contribution in [2.75, 3.05) is 6.54 Å². The molecule has 0 aliphatic rings. The molecule has 3 nitrogen and oxygen atoms in total. The molecule has 0 aliphatic carbocycles. The van der Waals surface area contributed by atoms with E-state index in [1.165, 1.54) is 25.7 Å². The lowest BCUT2D eigenvalue weighted by molar-refractivity contribution is -0.149. The van der Waals surface area contributed by atoms with E-state index in [1.807, 2.05) is 0 Å². The molecule has 0 amide bonds. The molecule has 0 saturated carbocycles. The second-order valence-corrected chi connectivity index (χ2v) is 4.97. The molecular weight excluding hydrogens is 226 g/mol. The Morgan fingerprint density at radius 3 is 2.39 bits per heavy atom. The highest BCUT2D eigenvalue weighted by molar-refractivity contribution is 5.69. The topological polar surface area (TPSA) is 52.3 Å². The Morgan fingerprint density at radius 1 is 1.06 bits per heavy atom. The van der Waals surface area contributed by atoms with Crippen molar-refractivity contribution in [3.8, 4) is 0 Å². The fraction of sp³-hybridized carbons (Fsp3) is 0.933. The lowest BCUT2D eigenvalue weighted by Crippen LogP contribution is -2.17. The van der Waals surface area contributed by atoms with Gasteiger partial charge < -0.3 is 10.5 Å². The van der Waals surface area contributed by atoms with Crippen LogP contribution in [0.25, 0.3) is 0 Å². The van der Waals surface area contributed by atoms with Crippen LogP contribution < -0.4 is 5.73 Å². The molecule has 1 unspecified atom stereocenters. The fourth-order valence-electron chi connectivity index (χ4n) is 1.98. The molecule has 1 atom stereocenters. The van der Waals surface area contributed by atoms with Gasteiger partial charge in [-0.05, 0) is 38.6 Å². The van der Waals surface area contributed by atoms with E-state index in [0.29, 0.717) is 13.0 Å². The van der Waals surface area contributed by atoms with Gasteiger partial charge in [0.1, 0.15) is 6.10 Å². The highest BCUT2D eigenvalue weighted by Crippen LogP contribution is 2.12. The van der Waals surface area contributed by atoms with Gasteiger partial charge in [-0.3, -0.25) is 4.79 Å². The second-order valence-electron chi connectivity index (χ2n) is 4.97. The third-order valence-electron chi connectivity index (χ3n) is 3.22. The number of carbonyl (C=O) groups is 1. The van der Waals surface area contributed by atoms with Crippen LogP contribution in [0.5, 0.6) is 0 Å². The third-order valence-corrected chi connectivity index (χ3v) is 3.22. The van der Waals surface area contributed by atoms with E-state index in [2.05, 4.69) is 13.8 Å². The van der Waals surface area contributed by atoms with Gasteiger partial charge in [0.15, 0.2) is 0 Å². The van der Waals surface area contributed by atoms with E-state index < -0.39 is 0 Å². The van der Waals surface area contributed by atoms with Crippen molar-refractivity contribution >= 4 is 5.97 Å². The first-order chi connectivity index (χ1) is 8.74. The van der Waals surface area contributed by atoms with Crippen LogP contribution in [0.1, 0.15) is 78.1 Å². The minimum Gasteiger partial charge on any atom is -0.462 e. The maximum absolute atomic E-state index is 11.6. The molecular formula is C15H31NO2. The molecule has 0 bridgehead atoms. The van der Waals surface area contributed by atoms with Crippen molar-refractivity contribution in [2.45, 2.75) is 84.2 Å². The smallest absolute Gasteiger partial charge is 0.306 e. The number of carbonyl (C=O) groups excluding carboxylic acids is 1. The maximum Gasteiger partial charge on any atom is 0.306 e. The molecule has 0 aromatic carbocycles. The largest absolute Gasteiger partial charge is 0.462 e. The summed E-state index contributed by atoms with van der Waals surface area (Å²) in [6.07, 6.45) is 10.5. The molecule has 2 N–H and O–H groups in total. The molecule has 0 aromatic heterocycles. The minimum atomic E-state index is -0.0330. The van der Waals surface area contributed by atoms with Gasteiger partial charge in [-0.25, -0.2) is 0 Å². The lowest BCUT2D eigenvalue weighted by Gasteiger charge is -2.16. The quantitative estimate of drug-likeness (QED) is 0.427. The highest BCUT2D eigenvalue weighted by atomic mass is 16.5. The van der Waals surface area contributed by atoms with Gasteiger partial charge in [0.2, 0.25) is 0 Å². The number of hydrogen-bond donors (Lipinski definition) is 1. The van der Waals surface area contributed by atoms with Crippen LogP contribution >= 0.6 is 0 Å². The number of esters is 1. The van der Waals surface area contributed by atoms with Crippen LogP contribution in [0.4, 0.5) is 0 Å². The number of nitrogens with two attached hydrogens (primary N) is 1. The number of hydrogen-bond acceptors (Lipinski definition) is 3. The van der Waals surface area contributed by atoms with Gasteiger partial charge in [-0.1, -0.05) is 39.5 Å². The zero-order chi connectivity index (χ0) is 13.6. The summed E-state index contributed by atoms with van der Waals surface area (Å²) < 4.78 is 5.49. The van der Waals surface area contributed by atoms with Crippen molar-refractivity contribution < 1.29 is 9.53 Å². The van der Waals surface area contributed by atoms with Gasteiger partial charge in [0.05, 0.1) is 0 Å². The van der Waals surface area contributed by atoms with Crippen LogP contribution in [0, 0.1) is 0 Å². The Morgan fingerprint density at radius 2 is 1.78 bits per heavy atom. The molecule has 0 heterocycles. The molecule has 18 heavy (non-hydrogen) atoms. The van der Waals surface area contributed by atoms with Crippen molar-refractivity contribution in [2.24, 2.45) is 5.73 Å². The Bertz CT molecular complexity index is 195. The zero-order valence-corrected chi connectivity index (χ0v) is 12.2. The summed E-state index contributed by atoms with van der Waals surface area (Å²) in [5.41, 5.74) is 5.41. The summed E-state index contributed by atoms with van der Waals surface area (Å²) in [6, 6.07) is 0. The van der Waals surface area contributed by atoms with E-state index in [4.69, 9.17) is 10.5 Å². The molecule has 0 rings (SSSR count). The van der Waals surface area contributed by atoms with E-state index in [0.717, 1.165) is 32.1 Å². The number of rotatable bonds is 12. The Labute approximate surface area is 112 Å². The summed E-state index contributed by atoms with van der Waals surface area (Å²) in [6.45, 7) is 5.01. The van der Waals surface area contributed by atoms with Gasteiger partial charge in [0, 0.05) is 6.42 Å². The van der Waals surface area contributed by atoms with E-state index in [9.17, 15) is 4.79 Å². The van der Waals surface area contributed by atoms with Crippen LogP contribution in [0.15, 0.2) is 0 Å². The minimum absolute atomic E-state index is 0.0330.